The highest BCUT2D eigenvalue weighted by Gasteiger charge is 2.20. The van der Waals surface area contributed by atoms with Crippen LogP contribution in [-0.4, -0.2) is 15.7 Å². The molecule has 4 nitrogen and oxygen atoms in total. The first-order chi connectivity index (χ1) is 12.6. The molecule has 0 fully saturated rings. The summed E-state index contributed by atoms with van der Waals surface area (Å²) in [7, 11) is 0. The van der Waals surface area contributed by atoms with Crippen LogP contribution in [0.25, 0.3) is 15.8 Å². The number of nitrogens with one attached hydrogen (secondary N) is 1. The van der Waals surface area contributed by atoms with Crippen LogP contribution in [0, 0.1) is 13.8 Å². The van der Waals surface area contributed by atoms with Crippen molar-refractivity contribution in [2.24, 2.45) is 0 Å². The van der Waals surface area contributed by atoms with Gasteiger partial charge >= 0.3 is 0 Å². The minimum Gasteiger partial charge on any atom is -0.318 e. The summed E-state index contributed by atoms with van der Waals surface area (Å²) in [6, 6.07) is 17.6. The van der Waals surface area contributed by atoms with Gasteiger partial charge in [-0.2, -0.15) is 5.10 Å². The Balaban J connectivity index is 1.70. The van der Waals surface area contributed by atoms with Crippen LogP contribution in [0.2, 0.25) is 5.02 Å². The van der Waals surface area contributed by atoms with Crippen molar-refractivity contribution in [1.82, 2.24) is 9.78 Å². The molecule has 2 heterocycles. The van der Waals surface area contributed by atoms with E-state index in [0.717, 1.165) is 27.2 Å². The molecule has 0 bridgehead atoms. The Morgan fingerprint density at radius 1 is 1.08 bits per heavy atom. The molecular formula is C20H16ClN3OS. The molecule has 0 saturated carbocycles. The smallest absolute Gasteiger partial charge is 0.267 e. The van der Waals surface area contributed by atoms with E-state index in [0.29, 0.717) is 15.6 Å². The van der Waals surface area contributed by atoms with Gasteiger partial charge in [-0.3, -0.25) is 4.79 Å². The van der Waals surface area contributed by atoms with Gasteiger partial charge in [-0.25, -0.2) is 4.68 Å². The van der Waals surface area contributed by atoms with Gasteiger partial charge in [0.25, 0.3) is 5.91 Å². The molecule has 0 unspecified atom stereocenters. The second kappa shape index (κ2) is 6.59. The topological polar surface area (TPSA) is 46.9 Å². The summed E-state index contributed by atoms with van der Waals surface area (Å²) in [6.45, 7) is 3.82. The van der Waals surface area contributed by atoms with E-state index >= 15 is 0 Å². The van der Waals surface area contributed by atoms with Gasteiger partial charge in [0.1, 0.15) is 4.88 Å². The number of aromatic nitrogens is 2. The summed E-state index contributed by atoms with van der Waals surface area (Å²) in [5.41, 5.74) is 3.30. The summed E-state index contributed by atoms with van der Waals surface area (Å²) >= 11 is 7.82. The van der Waals surface area contributed by atoms with Crippen LogP contribution < -0.4 is 5.32 Å². The first-order valence-electron chi connectivity index (χ1n) is 8.16. The maximum atomic E-state index is 12.8. The number of carbonyl (C=O) groups excluding carboxylic acids is 1. The van der Waals surface area contributed by atoms with E-state index in [-0.39, 0.29) is 5.91 Å². The Morgan fingerprint density at radius 3 is 2.50 bits per heavy atom. The summed E-state index contributed by atoms with van der Waals surface area (Å²) in [6.07, 6.45) is 0. The van der Waals surface area contributed by atoms with Crippen LogP contribution in [-0.2, 0) is 0 Å². The Labute approximate surface area is 160 Å². The van der Waals surface area contributed by atoms with E-state index in [4.69, 9.17) is 11.6 Å². The van der Waals surface area contributed by atoms with Crippen molar-refractivity contribution in [3.63, 3.8) is 0 Å². The third-order valence-electron chi connectivity index (χ3n) is 4.27. The number of benzene rings is 2. The molecule has 130 valence electrons. The van der Waals surface area contributed by atoms with Crippen LogP contribution in [0.1, 0.15) is 21.1 Å². The zero-order chi connectivity index (χ0) is 18.3. The summed E-state index contributed by atoms with van der Waals surface area (Å²) in [4.78, 5) is 13.3. The molecule has 1 amide bonds. The molecule has 4 rings (SSSR count). The highest BCUT2D eigenvalue weighted by molar-refractivity contribution is 7.21. The van der Waals surface area contributed by atoms with Crippen LogP contribution in [0.15, 0.2) is 54.6 Å². The minimum absolute atomic E-state index is 0.213. The second-order valence-electron chi connectivity index (χ2n) is 5.99. The van der Waals surface area contributed by atoms with Crippen molar-refractivity contribution < 1.29 is 4.79 Å². The number of anilines is 1. The first kappa shape index (κ1) is 16.8. The van der Waals surface area contributed by atoms with E-state index in [9.17, 15) is 4.79 Å². The van der Waals surface area contributed by atoms with E-state index in [1.165, 1.54) is 11.3 Å². The van der Waals surface area contributed by atoms with Crippen LogP contribution >= 0.6 is 22.9 Å². The number of para-hydroxylation sites is 1. The van der Waals surface area contributed by atoms with Gasteiger partial charge in [-0.1, -0.05) is 48.0 Å². The monoisotopic (exact) mass is 381 g/mol. The Morgan fingerprint density at radius 2 is 1.77 bits per heavy atom. The predicted octanol–water partition coefficient (Wildman–Crippen LogP) is 5.61. The number of amides is 1. The summed E-state index contributed by atoms with van der Waals surface area (Å²) in [5, 5.41) is 8.95. The maximum absolute atomic E-state index is 12.8. The lowest BCUT2D eigenvalue weighted by Gasteiger charge is -2.06. The fourth-order valence-electron chi connectivity index (χ4n) is 2.97. The standard InChI is InChI=1S/C20H16ClN3OS/c1-12-18(13(2)24(23-12)14-8-4-3-5-9-14)22-20(25)19-17(21)15-10-6-7-11-16(15)26-19/h3-11H,1-2H3,(H,22,25). The van der Waals surface area contributed by atoms with E-state index in [1.54, 1.807) is 0 Å². The van der Waals surface area contributed by atoms with Gasteiger partial charge in [-0.15, -0.1) is 11.3 Å². The predicted molar refractivity (Wildman–Crippen MR) is 108 cm³/mol. The zero-order valence-electron chi connectivity index (χ0n) is 14.3. The highest BCUT2D eigenvalue weighted by Crippen LogP contribution is 2.36. The van der Waals surface area contributed by atoms with Crippen LogP contribution in [0.3, 0.4) is 0 Å². The van der Waals surface area contributed by atoms with Crippen molar-refractivity contribution in [3.05, 3.63) is 75.9 Å². The molecule has 4 aromatic rings. The van der Waals surface area contributed by atoms with Crippen LogP contribution in [0.5, 0.6) is 0 Å². The molecule has 26 heavy (non-hydrogen) atoms. The Hall–Kier alpha value is -2.63. The Kier molecular flexibility index (Phi) is 4.26. The maximum Gasteiger partial charge on any atom is 0.267 e. The quantitative estimate of drug-likeness (QED) is 0.501. The normalized spacial score (nSPS) is 11.0. The molecule has 0 radical (unpaired) electrons. The number of fused-ring (bicyclic) bond motifs is 1. The summed E-state index contributed by atoms with van der Waals surface area (Å²) in [5.74, 6) is -0.213. The average Bonchev–Trinajstić information content (AvgIpc) is 3.14. The molecule has 0 atom stereocenters. The summed E-state index contributed by atoms with van der Waals surface area (Å²) < 4.78 is 2.83. The molecule has 0 spiro atoms. The molecular weight excluding hydrogens is 366 g/mol. The fourth-order valence-corrected chi connectivity index (χ4v) is 4.39. The number of halogens is 1. The molecule has 0 aliphatic carbocycles. The van der Waals surface area contributed by atoms with Crippen LogP contribution in [0.4, 0.5) is 5.69 Å². The van der Waals surface area contributed by atoms with Crippen molar-refractivity contribution in [3.8, 4) is 5.69 Å². The van der Waals surface area contributed by atoms with Crippen molar-refractivity contribution in [2.75, 3.05) is 5.32 Å². The fraction of sp³-hybridized carbons (Fsp3) is 0.100. The molecule has 2 aromatic carbocycles. The number of aryl methyl sites for hydroxylation is 1. The number of thiophene rings is 1. The number of hydrogen-bond donors (Lipinski definition) is 1. The molecule has 0 aliphatic heterocycles. The lowest BCUT2D eigenvalue weighted by molar-refractivity contribution is 0.103. The van der Waals surface area contributed by atoms with Gasteiger partial charge in [0.15, 0.2) is 0 Å². The number of nitrogens with zero attached hydrogens (tertiary/aromatic N) is 2. The van der Waals surface area contributed by atoms with E-state index in [1.807, 2.05) is 73.1 Å². The van der Waals surface area contributed by atoms with Crippen molar-refractivity contribution in [2.45, 2.75) is 13.8 Å². The van der Waals surface area contributed by atoms with Crippen molar-refractivity contribution in [1.29, 1.82) is 0 Å². The van der Waals surface area contributed by atoms with Crippen molar-refractivity contribution >= 4 is 44.6 Å². The van der Waals surface area contributed by atoms with Gasteiger partial charge in [-0.05, 0) is 32.0 Å². The van der Waals surface area contributed by atoms with Gasteiger partial charge < -0.3 is 5.32 Å². The Bertz CT molecular complexity index is 1120. The lowest BCUT2D eigenvalue weighted by Crippen LogP contribution is -2.12. The lowest BCUT2D eigenvalue weighted by atomic mass is 10.2. The molecule has 0 saturated heterocycles. The average molecular weight is 382 g/mol. The molecule has 1 N–H and O–H groups in total. The van der Waals surface area contributed by atoms with Gasteiger partial charge in [0, 0.05) is 10.1 Å². The number of rotatable bonds is 3. The van der Waals surface area contributed by atoms with Gasteiger partial charge in [0.05, 0.1) is 27.8 Å². The minimum atomic E-state index is -0.213. The third-order valence-corrected chi connectivity index (χ3v) is 5.95. The third kappa shape index (κ3) is 2.79. The molecule has 6 heteroatoms. The molecule has 0 aliphatic rings. The zero-order valence-corrected chi connectivity index (χ0v) is 15.9. The first-order valence-corrected chi connectivity index (χ1v) is 9.35. The van der Waals surface area contributed by atoms with E-state index in [2.05, 4.69) is 10.4 Å². The highest BCUT2D eigenvalue weighted by atomic mass is 35.5. The number of hydrogen-bond acceptors (Lipinski definition) is 3. The number of carbonyl (C=O) groups is 1. The van der Waals surface area contributed by atoms with Gasteiger partial charge in [0.2, 0.25) is 0 Å². The second-order valence-corrected chi connectivity index (χ2v) is 7.42. The van der Waals surface area contributed by atoms with E-state index < -0.39 is 0 Å². The largest absolute Gasteiger partial charge is 0.318 e. The SMILES string of the molecule is Cc1nn(-c2ccccc2)c(C)c1NC(=O)c1sc2ccccc2c1Cl. The molecule has 2 aromatic heterocycles.